The quantitative estimate of drug-likeness (QED) is 0.138. The number of nitrogens with zero attached hydrogens (tertiary/aromatic N) is 2. The lowest BCUT2D eigenvalue weighted by atomic mass is 9.95. The third-order valence-corrected chi connectivity index (χ3v) is 10.5. The average molecular weight is 676 g/mol. The molecule has 5 N–H and O–H groups in total. The van der Waals surface area contributed by atoms with Gasteiger partial charge in [-0.05, 0) is 84.6 Å². The van der Waals surface area contributed by atoms with Crippen molar-refractivity contribution in [3.63, 3.8) is 0 Å². The maximum absolute atomic E-state index is 14.4. The first-order valence-electron chi connectivity index (χ1n) is 16.3. The summed E-state index contributed by atoms with van der Waals surface area (Å²) in [5.74, 6) is -1.31. The lowest BCUT2D eigenvalue weighted by molar-refractivity contribution is -0.193. The number of nitrogen functional groups attached to an aromatic ring is 1. The average Bonchev–Trinajstić information content (AvgIpc) is 3.03. The summed E-state index contributed by atoms with van der Waals surface area (Å²) in [5.41, 5.74) is 3.02. The maximum Gasteiger partial charge on any atom is 0.351 e. The predicted octanol–water partition coefficient (Wildman–Crippen LogP) is 3.67. The predicted molar refractivity (Wildman–Crippen MR) is 168 cm³/mol. The van der Waals surface area contributed by atoms with Crippen LogP contribution in [0.4, 0.5) is 10.2 Å². The summed E-state index contributed by atoms with van der Waals surface area (Å²) < 4.78 is 52.7. The lowest BCUT2D eigenvalue weighted by Gasteiger charge is -2.39. The summed E-state index contributed by atoms with van der Waals surface area (Å²) in [6.45, 7) is 4.07. The van der Waals surface area contributed by atoms with E-state index in [1.165, 1.54) is 33.0 Å². The van der Waals surface area contributed by atoms with Gasteiger partial charge in [0.15, 0.2) is 0 Å². The van der Waals surface area contributed by atoms with Gasteiger partial charge in [0.25, 0.3) is 0 Å². The molecule has 0 aromatic carbocycles. The highest BCUT2D eigenvalue weighted by Gasteiger charge is 2.44. The van der Waals surface area contributed by atoms with Gasteiger partial charge in [0.05, 0.1) is 6.61 Å². The highest BCUT2D eigenvalue weighted by Crippen LogP contribution is 2.42. The number of aliphatic hydroxyl groups is 1. The van der Waals surface area contributed by atoms with E-state index in [0.717, 1.165) is 68.8 Å². The van der Waals surface area contributed by atoms with E-state index in [9.17, 15) is 28.4 Å². The Hall–Kier alpha value is -2.42. The molecule has 1 aromatic heterocycles. The van der Waals surface area contributed by atoms with Crippen molar-refractivity contribution in [2.45, 2.75) is 141 Å². The number of aliphatic hydroxyl groups excluding tert-OH is 1. The van der Waals surface area contributed by atoms with Gasteiger partial charge in [-0.2, -0.15) is 4.98 Å². The van der Waals surface area contributed by atoms with Gasteiger partial charge >= 0.3 is 25.3 Å². The molecule has 1 aromatic rings. The summed E-state index contributed by atoms with van der Waals surface area (Å²) in [7, 11) is -4.35. The van der Waals surface area contributed by atoms with E-state index >= 15 is 0 Å². The van der Waals surface area contributed by atoms with Crippen molar-refractivity contribution in [2.24, 2.45) is 0 Å². The number of ether oxygens (including phenoxy) is 3. The van der Waals surface area contributed by atoms with Crippen molar-refractivity contribution in [3.8, 4) is 0 Å². The van der Waals surface area contributed by atoms with E-state index in [0.29, 0.717) is 0 Å². The molecule has 0 spiro atoms. The molecule has 0 amide bonds. The van der Waals surface area contributed by atoms with Crippen LogP contribution in [0.5, 0.6) is 0 Å². The topological polar surface area (TPSA) is 193 Å². The summed E-state index contributed by atoms with van der Waals surface area (Å²) in [4.78, 5) is 42.1. The first kappa shape index (κ1) is 38.0. The largest absolute Gasteiger partial charge is 0.461 e. The Morgan fingerprint density at radius 2 is 1.54 bits per heavy atom. The number of halogens is 1. The van der Waals surface area contributed by atoms with Gasteiger partial charge < -0.3 is 29.6 Å². The van der Waals surface area contributed by atoms with Crippen LogP contribution in [-0.4, -0.2) is 75.9 Å². The molecule has 2 saturated carbocycles. The molecule has 5 unspecified atom stereocenters. The van der Waals surface area contributed by atoms with Crippen LogP contribution in [0.15, 0.2) is 17.1 Å². The van der Waals surface area contributed by atoms with E-state index in [4.69, 9.17) is 24.5 Å². The monoisotopic (exact) mass is 675 g/mol. The third-order valence-electron chi connectivity index (χ3n) is 8.60. The summed E-state index contributed by atoms with van der Waals surface area (Å²) >= 11 is 0. The Labute approximate surface area is 269 Å². The molecule has 14 nitrogen and oxygen atoms in total. The number of anilines is 1. The highest BCUT2D eigenvalue weighted by atomic mass is 31.2. The lowest BCUT2D eigenvalue weighted by Crippen LogP contribution is -2.52. The van der Waals surface area contributed by atoms with Crippen LogP contribution in [0.3, 0.4) is 0 Å². The number of nitrogens with two attached hydrogens (primary N) is 1. The second-order valence-electron chi connectivity index (χ2n) is 12.3. The molecule has 2 aliphatic rings. The Bertz CT molecular complexity index is 1200. The fraction of sp³-hybridized carbons (Fsp3) is 0.800. The van der Waals surface area contributed by atoms with Gasteiger partial charge in [0, 0.05) is 6.20 Å². The van der Waals surface area contributed by atoms with Crippen molar-refractivity contribution in [2.75, 3.05) is 19.0 Å². The third kappa shape index (κ3) is 10.8. The molecule has 16 heteroatoms. The standard InChI is InChI=1S/C30H51FN5O9P/c1-5-30(25(37)18-31,45-22(4)36-17-16-26(32)33-29(36)40)19-42-46(41,34-20(2)27(38)43-23-12-8-6-9-13-23)35-21(3)28(39)44-24-14-10-7-11-15-24/h16-17,20-25,37H,5-15,18-19H2,1-4H3,(H2,32,33,40)(H2,34,35,41). The molecule has 2 aliphatic carbocycles. The minimum Gasteiger partial charge on any atom is -0.461 e. The van der Waals surface area contributed by atoms with E-state index < -0.39 is 68.6 Å². The number of alkyl halides is 1. The molecule has 0 aliphatic heterocycles. The molecule has 262 valence electrons. The number of hydrogen-bond acceptors (Lipinski definition) is 11. The van der Waals surface area contributed by atoms with Crippen LogP contribution in [-0.2, 0) is 32.9 Å². The molecule has 2 fully saturated rings. The summed E-state index contributed by atoms with van der Waals surface area (Å²) in [6, 6.07) is -0.896. The minimum atomic E-state index is -4.35. The smallest absolute Gasteiger partial charge is 0.351 e. The number of hydrogen-bond donors (Lipinski definition) is 4. The second kappa shape index (κ2) is 17.7. The second-order valence-corrected chi connectivity index (χ2v) is 14.1. The molecule has 3 rings (SSSR count). The Morgan fingerprint density at radius 3 is 1.98 bits per heavy atom. The number of rotatable bonds is 17. The molecule has 5 atom stereocenters. The maximum atomic E-state index is 14.4. The zero-order valence-corrected chi connectivity index (χ0v) is 28.2. The molecule has 0 bridgehead atoms. The molecule has 0 saturated heterocycles. The van der Waals surface area contributed by atoms with E-state index in [1.807, 2.05) is 0 Å². The van der Waals surface area contributed by atoms with Gasteiger partial charge in [-0.1, -0.05) is 19.8 Å². The van der Waals surface area contributed by atoms with Crippen LogP contribution in [0.2, 0.25) is 0 Å². The van der Waals surface area contributed by atoms with Crippen LogP contribution in [0, 0.1) is 0 Å². The number of nitrogens with one attached hydrogen (secondary N) is 2. The molecule has 46 heavy (non-hydrogen) atoms. The zero-order chi connectivity index (χ0) is 33.9. The van der Waals surface area contributed by atoms with E-state index in [1.54, 1.807) is 6.92 Å². The van der Waals surface area contributed by atoms with Crippen LogP contribution in [0.25, 0.3) is 0 Å². The van der Waals surface area contributed by atoms with Crippen molar-refractivity contribution >= 4 is 25.4 Å². The van der Waals surface area contributed by atoms with Gasteiger partial charge in [-0.25, -0.2) is 19.4 Å². The van der Waals surface area contributed by atoms with Gasteiger partial charge in [0.2, 0.25) is 0 Å². The van der Waals surface area contributed by atoms with Crippen molar-refractivity contribution in [3.05, 3.63) is 22.7 Å². The summed E-state index contributed by atoms with van der Waals surface area (Å²) in [5, 5.41) is 16.1. The summed E-state index contributed by atoms with van der Waals surface area (Å²) in [6.07, 6.45) is 6.77. The molecule has 1 heterocycles. The SMILES string of the molecule is CCC(COP(=O)(NC(C)C(=O)OC1CCCCC1)NC(C)C(=O)OC1CCCCC1)(OC(C)n1ccc(N)nc1=O)C(O)CF. The van der Waals surface area contributed by atoms with Crippen LogP contribution in [0.1, 0.15) is 105 Å². The van der Waals surface area contributed by atoms with Gasteiger partial charge in [0.1, 0.15) is 54.7 Å². The normalized spacial score (nSPS) is 21.7. The van der Waals surface area contributed by atoms with Crippen molar-refractivity contribution in [1.82, 2.24) is 19.7 Å². The fourth-order valence-corrected chi connectivity index (χ4v) is 7.55. The Balaban J connectivity index is 1.82. The van der Waals surface area contributed by atoms with Gasteiger partial charge in [-0.3, -0.25) is 18.7 Å². The first-order chi connectivity index (χ1) is 21.8. The van der Waals surface area contributed by atoms with Crippen molar-refractivity contribution in [1.29, 1.82) is 0 Å². The Kier molecular flexibility index (Phi) is 14.6. The number of carbonyl (C=O) groups excluding carboxylic acids is 2. The zero-order valence-electron chi connectivity index (χ0n) is 27.3. The molecule has 0 radical (unpaired) electrons. The first-order valence-corrected chi connectivity index (χ1v) is 17.9. The number of esters is 2. The van der Waals surface area contributed by atoms with Crippen LogP contribution < -0.4 is 21.6 Å². The van der Waals surface area contributed by atoms with Crippen LogP contribution >= 0.6 is 7.67 Å². The van der Waals surface area contributed by atoms with E-state index in [-0.39, 0.29) is 24.4 Å². The fourth-order valence-electron chi connectivity index (χ4n) is 5.70. The van der Waals surface area contributed by atoms with E-state index in [2.05, 4.69) is 15.2 Å². The minimum absolute atomic E-state index is 0.00677. The number of aromatic nitrogens is 2. The van der Waals surface area contributed by atoms with Crippen molar-refractivity contribution < 1.29 is 42.4 Å². The number of carbonyl (C=O) groups is 2. The molecular weight excluding hydrogens is 624 g/mol. The highest BCUT2D eigenvalue weighted by molar-refractivity contribution is 7.54. The van der Waals surface area contributed by atoms with Gasteiger partial charge in [-0.15, -0.1) is 0 Å². The molecular formula is C30H51FN5O9P. The Morgan fingerprint density at radius 1 is 1.04 bits per heavy atom.